The van der Waals surface area contributed by atoms with Crippen LogP contribution in [-0.2, 0) is 21.4 Å². The predicted molar refractivity (Wildman–Crippen MR) is 157 cm³/mol. The van der Waals surface area contributed by atoms with Gasteiger partial charge in [0, 0.05) is 30.6 Å². The summed E-state index contributed by atoms with van der Waals surface area (Å²) in [4.78, 5) is 34.6. The topological polar surface area (TPSA) is 143 Å². The molecule has 0 atom stereocenters. The second kappa shape index (κ2) is 12.7. The van der Waals surface area contributed by atoms with Crippen molar-refractivity contribution in [2.45, 2.75) is 62.4 Å². The number of imidazole rings is 1. The van der Waals surface area contributed by atoms with Crippen LogP contribution in [0.2, 0.25) is 0 Å². The lowest BCUT2D eigenvalue weighted by atomic mass is 9.85. The Kier molecular flexibility index (Phi) is 9.05. The summed E-state index contributed by atoms with van der Waals surface area (Å²) in [5.41, 5.74) is 8.67. The number of nitrogens with two attached hydrogens (primary N) is 1. The van der Waals surface area contributed by atoms with E-state index in [2.05, 4.69) is 38.3 Å². The zero-order chi connectivity index (χ0) is 29.9. The van der Waals surface area contributed by atoms with Gasteiger partial charge in [0.05, 0.1) is 11.0 Å². The summed E-state index contributed by atoms with van der Waals surface area (Å²) in [5.74, 6) is -2.17. The fourth-order valence-electron chi connectivity index (χ4n) is 5.97. The van der Waals surface area contributed by atoms with Crippen molar-refractivity contribution in [2.24, 2.45) is 16.6 Å². The number of rotatable bonds is 9. The van der Waals surface area contributed by atoms with E-state index in [4.69, 9.17) is 5.73 Å². The maximum absolute atomic E-state index is 14.5. The zero-order valence-electron chi connectivity index (χ0n) is 23.5. The van der Waals surface area contributed by atoms with Crippen molar-refractivity contribution in [3.8, 4) is 0 Å². The van der Waals surface area contributed by atoms with Crippen molar-refractivity contribution in [2.75, 3.05) is 19.6 Å². The summed E-state index contributed by atoms with van der Waals surface area (Å²) < 4.78 is 43.9. The van der Waals surface area contributed by atoms with Gasteiger partial charge >= 0.3 is 0 Å². The fourth-order valence-corrected chi connectivity index (χ4v) is 7.07. The number of carbonyl (C=O) groups excluding carboxylic acids is 2. The van der Waals surface area contributed by atoms with Crippen molar-refractivity contribution in [1.29, 1.82) is 0 Å². The summed E-state index contributed by atoms with van der Waals surface area (Å²) in [6.07, 6.45) is 7.62. The van der Waals surface area contributed by atoms with E-state index in [1.54, 1.807) is 0 Å². The number of sulfonamides is 1. The Hall–Kier alpha value is -3.61. The van der Waals surface area contributed by atoms with E-state index in [-0.39, 0.29) is 30.0 Å². The van der Waals surface area contributed by atoms with Crippen molar-refractivity contribution in [1.82, 2.24) is 19.2 Å². The number of amides is 2. The molecule has 1 aliphatic heterocycles. The summed E-state index contributed by atoms with van der Waals surface area (Å²) in [6, 6.07) is 9.31. The summed E-state index contributed by atoms with van der Waals surface area (Å²) in [6.45, 7) is 6.34. The van der Waals surface area contributed by atoms with E-state index in [1.807, 2.05) is 10.6 Å². The molecule has 1 aliphatic carbocycles. The molecule has 5 rings (SSSR count). The highest BCUT2D eigenvalue weighted by Crippen LogP contribution is 2.33. The molecule has 2 aromatic carbocycles. The molecule has 2 fully saturated rings. The van der Waals surface area contributed by atoms with Gasteiger partial charge in [-0.05, 0) is 87.5 Å². The Labute approximate surface area is 244 Å². The Morgan fingerprint density at radius 1 is 1.10 bits per heavy atom. The van der Waals surface area contributed by atoms with E-state index in [9.17, 15) is 22.4 Å². The van der Waals surface area contributed by atoms with Gasteiger partial charge in [-0.1, -0.05) is 18.6 Å². The number of H-pyrrole nitrogens is 1. The monoisotopic (exact) mass is 596 g/mol. The average molecular weight is 597 g/mol. The molecule has 42 heavy (non-hydrogen) atoms. The van der Waals surface area contributed by atoms with Crippen molar-refractivity contribution < 1.29 is 22.4 Å². The van der Waals surface area contributed by atoms with Crippen LogP contribution in [0.15, 0.2) is 58.9 Å². The number of nitrogens with one attached hydrogen (secondary N) is 2. The molecule has 1 saturated heterocycles. The Bertz CT molecular complexity index is 1660. The second-order valence-electron chi connectivity index (χ2n) is 11.1. The van der Waals surface area contributed by atoms with Gasteiger partial charge in [0.25, 0.3) is 5.91 Å². The summed E-state index contributed by atoms with van der Waals surface area (Å²) >= 11 is 0. The van der Waals surface area contributed by atoms with Crippen LogP contribution in [0.5, 0.6) is 0 Å². The molecule has 0 spiro atoms. The third kappa shape index (κ3) is 6.55. The van der Waals surface area contributed by atoms with Gasteiger partial charge in [0.1, 0.15) is 10.7 Å². The van der Waals surface area contributed by atoms with Gasteiger partial charge in [-0.15, -0.1) is 6.58 Å². The average Bonchev–Trinajstić information content (AvgIpc) is 3.33. The molecule has 0 unspecified atom stereocenters. The van der Waals surface area contributed by atoms with Gasteiger partial charge in [-0.2, -0.15) is 4.99 Å². The molecule has 10 nitrogen and oxygen atoms in total. The van der Waals surface area contributed by atoms with E-state index in [1.165, 1.54) is 31.4 Å². The maximum atomic E-state index is 14.5. The molecule has 224 valence electrons. The van der Waals surface area contributed by atoms with E-state index in [0.29, 0.717) is 31.3 Å². The molecule has 12 heteroatoms. The molecular formula is C30H37FN6O4S. The van der Waals surface area contributed by atoms with Crippen LogP contribution in [-0.4, -0.2) is 54.3 Å². The lowest BCUT2D eigenvalue weighted by Gasteiger charge is -2.28. The van der Waals surface area contributed by atoms with E-state index in [0.717, 1.165) is 48.4 Å². The highest BCUT2D eigenvalue weighted by Gasteiger charge is 2.28. The normalized spacial score (nSPS) is 20.5. The molecule has 0 bridgehead atoms. The first-order valence-electron chi connectivity index (χ1n) is 14.4. The molecule has 2 heterocycles. The van der Waals surface area contributed by atoms with Gasteiger partial charge in [-0.25, -0.2) is 17.5 Å². The van der Waals surface area contributed by atoms with Crippen molar-refractivity contribution in [3.63, 3.8) is 0 Å². The maximum Gasteiger partial charge on any atom is 0.280 e. The third-order valence-corrected chi connectivity index (χ3v) is 9.65. The third-order valence-electron chi connectivity index (χ3n) is 8.21. The Morgan fingerprint density at radius 2 is 1.83 bits per heavy atom. The number of carbonyl (C=O) groups is 2. The number of benzene rings is 2. The SMILES string of the molecule is C=CCNS(=O)(=O)c1cc(C(=O)/N=c2/[nH]c3ccc(CN4CCCCC4)cc3n2C2CCC(C(N)=O)CC2)ccc1F. The predicted octanol–water partition coefficient (Wildman–Crippen LogP) is 3.52. The summed E-state index contributed by atoms with van der Waals surface area (Å²) in [5, 5.41) is 0. The number of fused-ring (bicyclic) bond motifs is 1. The lowest BCUT2D eigenvalue weighted by Crippen LogP contribution is -2.32. The number of primary amides is 1. The number of hydrogen-bond acceptors (Lipinski definition) is 5. The van der Waals surface area contributed by atoms with Crippen molar-refractivity contribution in [3.05, 3.63) is 71.6 Å². The number of aromatic nitrogens is 2. The molecular weight excluding hydrogens is 559 g/mol. The van der Waals surface area contributed by atoms with E-state index >= 15 is 0 Å². The minimum absolute atomic E-state index is 0.0293. The van der Waals surface area contributed by atoms with Crippen LogP contribution in [0, 0.1) is 11.7 Å². The van der Waals surface area contributed by atoms with Crippen LogP contribution >= 0.6 is 0 Å². The number of aromatic amines is 1. The molecule has 4 N–H and O–H groups in total. The standard InChI is InChI=1S/C30H37FN6O4S/c1-2-14-33-42(40,41)27-18-22(9-12-24(27)31)29(39)35-30-34-25-13-6-20(19-36-15-4-3-5-16-36)17-26(25)37(30)23-10-7-21(8-11-23)28(32)38/h2,6,9,12-13,17-18,21,23,33H,1,3-5,7-8,10-11,14-16,19H2,(H2,32,38)(H,34,35,39). The number of piperidine rings is 1. The minimum atomic E-state index is -4.20. The molecule has 2 aliphatic rings. The van der Waals surface area contributed by atoms with Crippen LogP contribution < -0.4 is 16.1 Å². The zero-order valence-corrected chi connectivity index (χ0v) is 24.3. The number of likely N-dealkylation sites (tertiary alicyclic amines) is 1. The number of hydrogen-bond donors (Lipinski definition) is 3. The first-order valence-corrected chi connectivity index (χ1v) is 15.9. The van der Waals surface area contributed by atoms with Gasteiger partial charge < -0.3 is 15.3 Å². The fraction of sp³-hybridized carbons (Fsp3) is 0.433. The number of halogens is 1. The van der Waals surface area contributed by atoms with Crippen molar-refractivity contribution >= 4 is 32.9 Å². The first kappa shape index (κ1) is 29.9. The minimum Gasteiger partial charge on any atom is -0.369 e. The van der Waals surface area contributed by atoms with Crippen LogP contribution in [0.1, 0.15) is 66.9 Å². The Balaban J connectivity index is 1.54. The first-order chi connectivity index (χ1) is 20.2. The molecule has 2 amide bonds. The quantitative estimate of drug-likeness (QED) is 0.324. The van der Waals surface area contributed by atoms with Gasteiger partial charge in [0.15, 0.2) is 0 Å². The number of nitrogens with zero attached hydrogens (tertiary/aromatic N) is 3. The molecule has 1 saturated carbocycles. The van der Waals surface area contributed by atoms with Crippen LogP contribution in [0.4, 0.5) is 4.39 Å². The second-order valence-corrected chi connectivity index (χ2v) is 12.9. The highest BCUT2D eigenvalue weighted by atomic mass is 32.2. The van der Waals surface area contributed by atoms with E-state index < -0.39 is 26.6 Å². The highest BCUT2D eigenvalue weighted by molar-refractivity contribution is 7.89. The van der Waals surface area contributed by atoms with Crippen LogP contribution in [0.25, 0.3) is 11.0 Å². The smallest absolute Gasteiger partial charge is 0.280 e. The Morgan fingerprint density at radius 3 is 2.52 bits per heavy atom. The molecule has 1 aromatic heterocycles. The molecule has 3 aromatic rings. The summed E-state index contributed by atoms with van der Waals surface area (Å²) in [7, 11) is -4.20. The van der Waals surface area contributed by atoms with Crippen LogP contribution in [0.3, 0.4) is 0 Å². The van der Waals surface area contributed by atoms with Gasteiger partial charge in [0.2, 0.25) is 21.5 Å². The lowest BCUT2D eigenvalue weighted by molar-refractivity contribution is -0.122. The molecule has 0 radical (unpaired) electrons. The largest absolute Gasteiger partial charge is 0.369 e. The van der Waals surface area contributed by atoms with Gasteiger partial charge in [-0.3, -0.25) is 14.5 Å².